The second kappa shape index (κ2) is 12.5. The molecule has 0 aromatic carbocycles. The molecule has 2 saturated carbocycles. The Hall–Kier alpha value is -1.11. The molecule has 8 aliphatic heterocycles. The minimum atomic E-state index is -4.82. The van der Waals surface area contributed by atoms with E-state index in [1.165, 1.54) is 0 Å². The van der Waals surface area contributed by atoms with Crippen LogP contribution >= 0.6 is 0 Å². The van der Waals surface area contributed by atoms with Gasteiger partial charge in [0, 0.05) is 42.1 Å². The molecule has 8 heterocycles. The van der Waals surface area contributed by atoms with Gasteiger partial charge in [0.25, 0.3) is 0 Å². The lowest BCUT2D eigenvalue weighted by Gasteiger charge is -2.62. The van der Waals surface area contributed by atoms with E-state index in [0.29, 0.717) is 38.0 Å². The number of aliphatic hydroxyl groups is 2. The van der Waals surface area contributed by atoms with Crippen molar-refractivity contribution in [3.8, 4) is 0 Å². The molecule has 9 fully saturated rings. The number of allylic oxidation sites excluding steroid dienone is 1. The van der Waals surface area contributed by atoms with Gasteiger partial charge < -0.3 is 38.6 Å². The fourth-order valence-corrected chi connectivity index (χ4v) is 10.9. The van der Waals surface area contributed by atoms with Gasteiger partial charge in [0.2, 0.25) is 23.6 Å². The molecule has 290 valence electrons. The van der Waals surface area contributed by atoms with E-state index in [4.69, 9.17) is 48.0 Å². The summed E-state index contributed by atoms with van der Waals surface area (Å²) < 4.78 is 80.3. The van der Waals surface area contributed by atoms with Crippen molar-refractivity contribution in [1.82, 2.24) is 0 Å². The zero-order valence-corrected chi connectivity index (χ0v) is 30.2. The molecule has 0 radical (unpaired) electrons. The number of ether oxygens (including phenoxy) is 6. The summed E-state index contributed by atoms with van der Waals surface area (Å²) in [6.07, 6.45) is -4.21. The Morgan fingerprint density at radius 2 is 1.31 bits per heavy atom. The van der Waals surface area contributed by atoms with Crippen molar-refractivity contribution in [2.75, 3.05) is 19.8 Å². The SMILES string of the molecule is C[C@@H]1CC[C@H]2[C@@H](C)[C@@](C)(OC[C@H](O)[C@@H](O)COCC3=C(C(F)(F)F)O[C@@H]4O[C@@]5(C)CC[C@H]6[C@H](C)CC[C@@H]3[C@@]46OO5)O[C@@H]3O[C@@]4(C)CC[C@@H]1[C@]32OO4. The molecule has 51 heavy (non-hydrogen) atoms. The van der Waals surface area contributed by atoms with Crippen molar-refractivity contribution < 1.29 is 71.4 Å². The molecule has 10 aliphatic rings. The first-order valence-electron chi connectivity index (χ1n) is 18.8. The lowest BCUT2D eigenvalue weighted by atomic mass is 9.57. The molecule has 2 spiro atoms. The molecule has 2 N–H and O–H groups in total. The predicted molar refractivity (Wildman–Crippen MR) is 167 cm³/mol. The van der Waals surface area contributed by atoms with Crippen LogP contribution in [-0.4, -0.2) is 89.6 Å². The van der Waals surface area contributed by atoms with Crippen LogP contribution in [0.1, 0.15) is 92.9 Å². The number of aliphatic hydroxyl groups excluding tert-OH is 2. The van der Waals surface area contributed by atoms with Crippen LogP contribution in [0, 0.1) is 41.4 Å². The second-order valence-corrected chi connectivity index (χ2v) is 17.1. The molecule has 0 aromatic rings. The van der Waals surface area contributed by atoms with E-state index in [1.807, 2.05) is 13.8 Å². The van der Waals surface area contributed by atoms with E-state index >= 15 is 0 Å². The number of fused-ring (bicyclic) bond motifs is 4. The fourth-order valence-electron chi connectivity index (χ4n) is 10.9. The molecule has 7 saturated heterocycles. The monoisotopic (exact) mass is 734 g/mol. The van der Waals surface area contributed by atoms with Gasteiger partial charge in [-0.15, -0.1) is 0 Å². The number of rotatable bonds is 8. The molecule has 4 bridgehead atoms. The van der Waals surface area contributed by atoms with Crippen LogP contribution < -0.4 is 0 Å². The second-order valence-electron chi connectivity index (χ2n) is 17.1. The maximum Gasteiger partial charge on any atom is 0.449 e. The van der Waals surface area contributed by atoms with Gasteiger partial charge in [0.15, 0.2) is 23.3 Å². The standard InChI is InChI=1S/C36H53F3O12/c1-18-7-9-24-20(3)33(6,47-30-34(24)22(18)11-14-32(5,46-30)49-50-34)43-17-27(41)26(40)16-42-15-21-25-10-8-19(2)23-12-13-31(4)45-29(35(23,25)51-48-31)44-28(21)36(37,38)39/h18-20,22-27,29-30,40-41H,7-17H2,1-6H3/t18-,19-,20-,22+,23+,24+,25+,26+,27+,29-,30+,31-,32-,33+,34-,35-/m1/s1. The molecular formula is C36H53F3O12. The number of hydrogen-bond donors (Lipinski definition) is 2. The molecule has 2 aliphatic carbocycles. The highest BCUT2D eigenvalue weighted by Gasteiger charge is 2.72. The summed E-state index contributed by atoms with van der Waals surface area (Å²) in [6, 6.07) is 0. The average Bonchev–Trinajstić information content (AvgIpc) is 3.44. The normalized spacial score (nSPS) is 51.5. The number of hydrogen-bond acceptors (Lipinski definition) is 12. The van der Waals surface area contributed by atoms with E-state index < -0.39 is 84.4 Å². The third-order valence-electron chi connectivity index (χ3n) is 14.0. The van der Waals surface area contributed by atoms with E-state index in [0.717, 1.165) is 19.3 Å². The summed E-state index contributed by atoms with van der Waals surface area (Å²) in [5.74, 6) is -4.97. The van der Waals surface area contributed by atoms with Crippen LogP contribution in [0.2, 0.25) is 0 Å². The number of halogens is 3. The highest BCUT2D eigenvalue weighted by Crippen LogP contribution is 2.63. The van der Waals surface area contributed by atoms with E-state index in [1.54, 1.807) is 13.8 Å². The maximum absolute atomic E-state index is 14.5. The van der Waals surface area contributed by atoms with Crippen LogP contribution in [0.25, 0.3) is 0 Å². The Kier molecular flexibility index (Phi) is 9.00. The average molecular weight is 735 g/mol. The first kappa shape index (κ1) is 36.8. The van der Waals surface area contributed by atoms with Crippen LogP contribution in [-0.2, 0) is 48.0 Å². The van der Waals surface area contributed by atoms with E-state index in [2.05, 4.69) is 13.8 Å². The molecular weight excluding hydrogens is 681 g/mol. The Labute approximate surface area is 296 Å². The Morgan fingerprint density at radius 3 is 1.98 bits per heavy atom. The van der Waals surface area contributed by atoms with Gasteiger partial charge in [-0.2, -0.15) is 13.2 Å². The van der Waals surface area contributed by atoms with Gasteiger partial charge in [0.1, 0.15) is 12.2 Å². The molecule has 12 nitrogen and oxygen atoms in total. The predicted octanol–water partition coefficient (Wildman–Crippen LogP) is 5.40. The highest BCUT2D eigenvalue weighted by molar-refractivity contribution is 5.28. The molecule has 0 unspecified atom stereocenters. The summed E-state index contributed by atoms with van der Waals surface area (Å²) in [6.45, 7) is 10.3. The summed E-state index contributed by atoms with van der Waals surface area (Å²) >= 11 is 0. The van der Waals surface area contributed by atoms with Gasteiger partial charge in [-0.1, -0.05) is 20.8 Å². The maximum atomic E-state index is 14.5. The third kappa shape index (κ3) is 5.65. The van der Waals surface area contributed by atoms with Crippen LogP contribution in [0.15, 0.2) is 11.3 Å². The zero-order valence-electron chi connectivity index (χ0n) is 30.2. The van der Waals surface area contributed by atoms with Gasteiger partial charge in [-0.05, 0) is 77.0 Å². The minimum absolute atomic E-state index is 0.0168. The van der Waals surface area contributed by atoms with Crippen LogP contribution in [0.5, 0.6) is 0 Å². The van der Waals surface area contributed by atoms with Crippen molar-refractivity contribution in [1.29, 1.82) is 0 Å². The van der Waals surface area contributed by atoms with Crippen molar-refractivity contribution in [3.63, 3.8) is 0 Å². The summed E-state index contributed by atoms with van der Waals surface area (Å²) in [5.41, 5.74) is -2.18. The molecule has 15 heteroatoms. The largest absolute Gasteiger partial charge is 0.456 e. The van der Waals surface area contributed by atoms with Crippen LogP contribution in [0.4, 0.5) is 13.2 Å². The van der Waals surface area contributed by atoms with Crippen molar-refractivity contribution in [3.05, 3.63) is 11.3 Å². The van der Waals surface area contributed by atoms with Gasteiger partial charge in [-0.25, -0.2) is 19.6 Å². The van der Waals surface area contributed by atoms with Gasteiger partial charge >= 0.3 is 6.18 Å². The lowest BCUT2D eigenvalue weighted by Crippen LogP contribution is -2.73. The van der Waals surface area contributed by atoms with E-state index in [9.17, 15) is 23.4 Å². The Bertz CT molecular complexity index is 1380. The van der Waals surface area contributed by atoms with Crippen molar-refractivity contribution >= 4 is 0 Å². The van der Waals surface area contributed by atoms with Crippen LogP contribution in [0.3, 0.4) is 0 Å². The Morgan fingerprint density at radius 1 is 0.725 bits per heavy atom. The van der Waals surface area contributed by atoms with Gasteiger partial charge in [0.05, 0.1) is 19.8 Å². The zero-order chi connectivity index (χ0) is 36.4. The summed E-state index contributed by atoms with van der Waals surface area (Å²) in [4.78, 5) is 23.8. The third-order valence-corrected chi connectivity index (χ3v) is 14.0. The smallest absolute Gasteiger partial charge is 0.449 e. The summed E-state index contributed by atoms with van der Waals surface area (Å²) in [5, 5.41) is 22.0. The van der Waals surface area contributed by atoms with Crippen molar-refractivity contribution in [2.24, 2.45) is 41.4 Å². The lowest BCUT2D eigenvalue weighted by molar-refractivity contribution is -0.586. The molecule has 0 amide bonds. The topological polar surface area (TPSA) is 133 Å². The summed E-state index contributed by atoms with van der Waals surface area (Å²) in [7, 11) is 0. The quantitative estimate of drug-likeness (QED) is 0.310. The molecule has 0 aromatic heterocycles. The fraction of sp³-hybridized carbons (Fsp3) is 0.944. The highest BCUT2D eigenvalue weighted by atomic mass is 19.4. The van der Waals surface area contributed by atoms with Crippen molar-refractivity contribution in [2.45, 2.75) is 152 Å². The first-order valence-corrected chi connectivity index (χ1v) is 18.8. The molecule has 16 atom stereocenters. The first-order chi connectivity index (χ1) is 23.9. The molecule has 10 rings (SSSR count). The minimum Gasteiger partial charge on any atom is -0.456 e. The Balaban J connectivity index is 0.942. The number of alkyl halides is 3. The van der Waals surface area contributed by atoms with Gasteiger partial charge in [-0.3, -0.25) is 0 Å². The van der Waals surface area contributed by atoms with E-state index in [-0.39, 0.29) is 41.8 Å².